The third-order valence-corrected chi connectivity index (χ3v) is 6.97. The lowest BCUT2D eigenvalue weighted by atomic mass is 9.98. The second-order valence-corrected chi connectivity index (χ2v) is 9.48. The molecule has 32 heavy (non-hydrogen) atoms. The minimum Gasteiger partial charge on any atom is -0.487 e. The summed E-state index contributed by atoms with van der Waals surface area (Å²) >= 11 is 0. The Labute approximate surface area is 191 Å². The number of hydrogen-bond donors (Lipinski definition) is 0. The number of benzene rings is 2. The van der Waals surface area contributed by atoms with E-state index in [0.29, 0.717) is 13.0 Å². The number of piperazine rings is 1. The van der Waals surface area contributed by atoms with Crippen LogP contribution in [0.15, 0.2) is 42.5 Å². The topological polar surface area (TPSA) is 36.0 Å². The van der Waals surface area contributed by atoms with Crippen LogP contribution < -0.4 is 0 Å². The van der Waals surface area contributed by atoms with Crippen LogP contribution in [-0.2, 0) is 29.0 Å². The van der Waals surface area contributed by atoms with Gasteiger partial charge in [0.05, 0.1) is 5.57 Å². The maximum atomic E-state index is 12.7. The molecule has 0 unspecified atom stereocenters. The fourth-order valence-corrected chi connectivity index (χ4v) is 5.02. The van der Waals surface area contributed by atoms with Crippen molar-refractivity contribution in [1.29, 1.82) is 0 Å². The van der Waals surface area contributed by atoms with E-state index < -0.39 is 0 Å². The van der Waals surface area contributed by atoms with Crippen molar-refractivity contribution in [3.63, 3.8) is 0 Å². The van der Waals surface area contributed by atoms with Crippen LogP contribution in [0, 0.1) is 0 Å². The monoisotopic (exact) mass is 431 g/mol. The molecule has 5 nitrogen and oxygen atoms in total. The highest BCUT2D eigenvalue weighted by Crippen LogP contribution is 2.40. The number of carbonyl (C=O) groups is 1. The molecule has 0 saturated carbocycles. The van der Waals surface area contributed by atoms with E-state index in [1.807, 2.05) is 24.3 Å². The molecule has 1 aliphatic carbocycles. The quantitative estimate of drug-likeness (QED) is 0.658. The molecule has 0 amide bonds. The van der Waals surface area contributed by atoms with E-state index in [9.17, 15) is 4.79 Å². The Morgan fingerprint density at radius 1 is 0.906 bits per heavy atom. The minimum atomic E-state index is 0.169. The summed E-state index contributed by atoms with van der Waals surface area (Å²) in [6.45, 7) is 8.58. The van der Waals surface area contributed by atoms with Crippen LogP contribution in [0.4, 0.5) is 0 Å². The Bertz CT molecular complexity index is 1030. The SMILES string of the molecule is CN(C)CCN1CCN(CCc2ccc3c(c2)CO/C3=C2/C(=O)Cc3ccccc32)CC1. The molecule has 3 aliphatic rings. The highest BCUT2D eigenvalue weighted by molar-refractivity contribution is 6.31. The second-order valence-electron chi connectivity index (χ2n) is 9.48. The van der Waals surface area contributed by atoms with E-state index in [2.05, 4.69) is 47.0 Å². The van der Waals surface area contributed by atoms with Crippen molar-refractivity contribution in [3.05, 3.63) is 70.3 Å². The van der Waals surface area contributed by atoms with Crippen molar-refractivity contribution in [2.75, 3.05) is 59.9 Å². The van der Waals surface area contributed by atoms with Crippen LogP contribution in [0.1, 0.15) is 27.8 Å². The molecular formula is C27H33N3O2. The predicted molar refractivity (Wildman–Crippen MR) is 128 cm³/mol. The van der Waals surface area contributed by atoms with Gasteiger partial charge in [-0.2, -0.15) is 0 Å². The maximum Gasteiger partial charge on any atom is 0.171 e. The zero-order chi connectivity index (χ0) is 22.1. The second kappa shape index (κ2) is 9.18. The lowest BCUT2D eigenvalue weighted by Crippen LogP contribution is -2.48. The number of nitrogens with zero attached hydrogens (tertiary/aromatic N) is 3. The van der Waals surface area contributed by atoms with Gasteiger partial charge in [0.15, 0.2) is 5.78 Å². The number of rotatable bonds is 6. The zero-order valence-electron chi connectivity index (χ0n) is 19.3. The Hall–Kier alpha value is -2.47. The van der Waals surface area contributed by atoms with E-state index >= 15 is 0 Å². The van der Waals surface area contributed by atoms with Gasteiger partial charge in [0.1, 0.15) is 12.4 Å². The number of ether oxygens (including phenoxy) is 1. The average Bonchev–Trinajstić information content (AvgIpc) is 3.36. The number of likely N-dealkylation sites (N-methyl/N-ethyl adjacent to an activating group) is 1. The van der Waals surface area contributed by atoms with Crippen molar-refractivity contribution in [2.45, 2.75) is 19.4 Å². The molecule has 2 aliphatic heterocycles. The molecule has 2 heterocycles. The number of carbonyl (C=O) groups excluding carboxylic acids is 1. The van der Waals surface area contributed by atoms with Gasteiger partial charge in [-0.3, -0.25) is 9.69 Å². The lowest BCUT2D eigenvalue weighted by molar-refractivity contribution is -0.112. The molecule has 2 aromatic carbocycles. The lowest BCUT2D eigenvalue weighted by Gasteiger charge is -2.35. The molecule has 0 atom stereocenters. The van der Waals surface area contributed by atoms with Crippen molar-refractivity contribution in [1.82, 2.24) is 14.7 Å². The first-order valence-corrected chi connectivity index (χ1v) is 11.8. The Kier molecular flexibility index (Phi) is 6.13. The molecule has 0 N–H and O–H groups in total. The van der Waals surface area contributed by atoms with Crippen molar-refractivity contribution < 1.29 is 9.53 Å². The summed E-state index contributed by atoms with van der Waals surface area (Å²) in [5.74, 6) is 0.943. The van der Waals surface area contributed by atoms with Crippen LogP contribution in [0.2, 0.25) is 0 Å². The standard InChI is InChI=1S/C27H33N3O2/c1-28(2)11-12-30-15-13-29(14-16-30)10-9-20-7-8-24-22(17-20)19-32-27(24)26-23-6-4-3-5-21(23)18-25(26)31/h3-8,17H,9-16,18-19H2,1-2H3/b27-26+. The van der Waals surface area contributed by atoms with E-state index in [4.69, 9.17) is 4.74 Å². The fourth-order valence-electron chi connectivity index (χ4n) is 5.02. The maximum absolute atomic E-state index is 12.7. The number of allylic oxidation sites excluding steroid dienone is 1. The normalized spacial score (nSPS) is 21.2. The molecule has 0 radical (unpaired) electrons. The first-order valence-electron chi connectivity index (χ1n) is 11.8. The van der Waals surface area contributed by atoms with Gasteiger partial charge in [0.2, 0.25) is 0 Å². The minimum absolute atomic E-state index is 0.169. The largest absolute Gasteiger partial charge is 0.487 e. The fraction of sp³-hybridized carbons (Fsp3) is 0.444. The summed E-state index contributed by atoms with van der Waals surface area (Å²) in [4.78, 5) is 20.1. The number of hydrogen-bond acceptors (Lipinski definition) is 5. The summed E-state index contributed by atoms with van der Waals surface area (Å²) < 4.78 is 6.08. The first-order chi connectivity index (χ1) is 15.6. The average molecular weight is 432 g/mol. The summed E-state index contributed by atoms with van der Waals surface area (Å²) in [7, 11) is 4.28. The molecule has 0 bridgehead atoms. The summed E-state index contributed by atoms with van der Waals surface area (Å²) in [5.41, 5.74) is 6.55. The molecule has 0 aromatic heterocycles. The highest BCUT2D eigenvalue weighted by Gasteiger charge is 2.32. The highest BCUT2D eigenvalue weighted by atomic mass is 16.5. The molecular weight excluding hydrogens is 398 g/mol. The van der Waals surface area contributed by atoms with E-state index in [1.165, 1.54) is 11.1 Å². The smallest absolute Gasteiger partial charge is 0.171 e. The van der Waals surface area contributed by atoms with Gasteiger partial charge in [-0.05, 0) is 37.2 Å². The van der Waals surface area contributed by atoms with Gasteiger partial charge < -0.3 is 14.5 Å². The van der Waals surface area contributed by atoms with Gasteiger partial charge in [-0.1, -0.05) is 42.5 Å². The molecule has 5 heteroatoms. The predicted octanol–water partition coefficient (Wildman–Crippen LogP) is 2.93. The Morgan fingerprint density at radius 3 is 2.44 bits per heavy atom. The van der Waals surface area contributed by atoms with Gasteiger partial charge in [0, 0.05) is 63.4 Å². The third kappa shape index (κ3) is 4.38. The number of fused-ring (bicyclic) bond motifs is 2. The van der Waals surface area contributed by atoms with Crippen LogP contribution in [0.5, 0.6) is 0 Å². The van der Waals surface area contributed by atoms with Crippen molar-refractivity contribution in [2.24, 2.45) is 0 Å². The molecule has 168 valence electrons. The van der Waals surface area contributed by atoms with Gasteiger partial charge >= 0.3 is 0 Å². The van der Waals surface area contributed by atoms with Gasteiger partial charge in [-0.25, -0.2) is 0 Å². The van der Waals surface area contributed by atoms with Crippen LogP contribution >= 0.6 is 0 Å². The number of Topliss-reactive ketones (excluding diaryl/α,β-unsaturated/α-hetero) is 1. The van der Waals surface area contributed by atoms with E-state index in [1.54, 1.807) is 0 Å². The first kappa shape index (κ1) is 21.4. The molecule has 1 fully saturated rings. The van der Waals surface area contributed by atoms with Crippen LogP contribution in [-0.4, -0.2) is 80.4 Å². The van der Waals surface area contributed by atoms with Gasteiger partial charge in [-0.15, -0.1) is 0 Å². The van der Waals surface area contributed by atoms with E-state index in [-0.39, 0.29) is 5.78 Å². The number of ketones is 1. The zero-order valence-corrected chi connectivity index (χ0v) is 19.3. The summed E-state index contributed by atoms with van der Waals surface area (Å²) in [6.07, 6.45) is 1.53. The van der Waals surface area contributed by atoms with Crippen LogP contribution in [0.3, 0.4) is 0 Å². The third-order valence-electron chi connectivity index (χ3n) is 6.97. The van der Waals surface area contributed by atoms with Crippen LogP contribution in [0.25, 0.3) is 11.3 Å². The molecule has 2 aromatic rings. The van der Waals surface area contributed by atoms with Crippen molar-refractivity contribution in [3.8, 4) is 0 Å². The van der Waals surface area contributed by atoms with E-state index in [0.717, 1.165) is 80.3 Å². The van der Waals surface area contributed by atoms with Crippen molar-refractivity contribution >= 4 is 17.1 Å². The Morgan fingerprint density at radius 2 is 1.66 bits per heavy atom. The molecule has 1 saturated heterocycles. The molecule has 0 spiro atoms. The Balaban J connectivity index is 1.22. The summed E-state index contributed by atoms with van der Waals surface area (Å²) in [5, 5.41) is 0. The summed E-state index contributed by atoms with van der Waals surface area (Å²) in [6, 6.07) is 14.7. The molecule has 5 rings (SSSR count). The van der Waals surface area contributed by atoms with Gasteiger partial charge in [0.25, 0.3) is 0 Å².